The van der Waals surface area contributed by atoms with E-state index in [1.54, 1.807) is 6.92 Å². The predicted molar refractivity (Wildman–Crippen MR) is 101 cm³/mol. The van der Waals surface area contributed by atoms with Gasteiger partial charge in [-0.3, -0.25) is 9.59 Å². The number of ether oxygens (including phenoxy) is 1. The third-order valence-electron chi connectivity index (χ3n) is 4.71. The molecule has 3 rings (SSSR count). The monoisotopic (exact) mass is 414 g/mol. The van der Waals surface area contributed by atoms with E-state index in [0.717, 1.165) is 17.7 Å². The Hall–Kier alpha value is -1.94. The minimum Gasteiger partial charge on any atom is -0.452 e. The van der Waals surface area contributed by atoms with E-state index in [2.05, 4.69) is 10.6 Å². The maximum Gasteiger partial charge on any atom is 0.341 e. The van der Waals surface area contributed by atoms with E-state index >= 15 is 0 Å². The molecule has 0 aromatic carbocycles. The van der Waals surface area contributed by atoms with E-state index in [4.69, 9.17) is 4.74 Å². The van der Waals surface area contributed by atoms with Crippen LogP contribution in [0.15, 0.2) is 0 Å². The van der Waals surface area contributed by atoms with Gasteiger partial charge in [-0.2, -0.15) is 0 Å². The van der Waals surface area contributed by atoms with Gasteiger partial charge in [-0.1, -0.05) is 0 Å². The van der Waals surface area contributed by atoms with Gasteiger partial charge in [-0.05, 0) is 38.7 Å². The van der Waals surface area contributed by atoms with Crippen molar-refractivity contribution < 1.29 is 27.5 Å². The first-order valence-corrected chi connectivity index (χ1v) is 11.4. The first-order valence-electron chi connectivity index (χ1n) is 8.74. The molecule has 2 N–H and O–H groups in total. The molecule has 27 heavy (non-hydrogen) atoms. The highest BCUT2D eigenvalue weighted by atomic mass is 32.2. The Morgan fingerprint density at radius 2 is 1.89 bits per heavy atom. The van der Waals surface area contributed by atoms with Crippen LogP contribution in [0.4, 0.5) is 5.00 Å². The van der Waals surface area contributed by atoms with Crippen molar-refractivity contribution in [2.24, 2.45) is 5.92 Å². The maximum absolute atomic E-state index is 12.5. The topological polar surface area (TPSA) is 119 Å². The number of nitrogens with one attached hydrogen (secondary N) is 2. The van der Waals surface area contributed by atoms with Crippen LogP contribution in [0.25, 0.3) is 0 Å². The summed E-state index contributed by atoms with van der Waals surface area (Å²) in [6, 6.07) is -0.445. The van der Waals surface area contributed by atoms with Gasteiger partial charge in [0.1, 0.15) is 5.00 Å². The zero-order chi connectivity index (χ0) is 19.8. The fourth-order valence-electron chi connectivity index (χ4n) is 2.90. The Balaban J connectivity index is 1.58. The summed E-state index contributed by atoms with van der Waals surface area (Å²) in [7, 11) is -3.10. The summed E-state index contributed by atoms with van der Waals surface area (Å²) in [4.78, 5) is 37.3. The number of thiophene rings is 1. The number of aryl methyl sites for hydroxylation is 1. The molecule has 0 radical (unpaired) electrons. The van der Waals surface area contributed by atoms with Gasteiger partial charge in [0, 0.05) is 16.8 Å². The SMILES string of the molecule is Cc1sc(NC(=O)C2CC2)c(C(=O)OCC(=O)N[C@@H]2CCS(=O)(=O)C2)c1C. The van der Waals surface area contributed by atoms with Gasteiger partial charge < -0.3 is 15.4 Å². The van der Waals surface area contributed by atoms with Crippen LogP contribution in [-0.2, 0) is 24.2 Å². The summed E-state index contributed by atoms with van der Waals surface area (Å²) in [5.41, 5.74) is 0.973. The minimum atomic E-state index is -3.10. The molecule has 1 aromatic rings. The molecule has 1 atom stereocenters. The van der Waals surface area contributed by atoms with Crippen LogP contribution < -0.4 is 10.6 Å². The lowest BCUT2D eigenvalue weighted by Gasteiger charge is -2.11. The highest BCUT2D eigenvalue weighted by Gasteiger charge is 2.32. The van der Waals surface area contributed by atoms with E-state index in [1.807, 2.05) is 6.92 Å². The minimum absolute atomic E-state index is 0.00468. The molecule has 2 amide bonds. The lowest BCUT2D eigenvalue weighted by atomic mass is 10.1. The molecule has 2 aliphatic rings. The zero-order valence-corrected chi connectivity index (χ0v) is 16.8. The molecule has 2 fully saturated rings. The number of amides is 2. The first kappa shape index (κ1) is 19.8. The van der Waals surface area contributed by atoms with E-state index in [0.29, 0.717) is 17.0 Å². The lowest BCUT2D eigenvalue weighted by molar-refractivity contribution is -0.124. The zero-order valence-electron chi connectivity index (χ0n) is 15.2. The van der Waals surface area contributed by atoms with Crippen molar-refractivity contribution in [3.63, 3.8) is 0 Å². The molecule has 2 heterocycles. The highest BCUT2D eigenvalue weighted by molar-refractivity contribution is 7.91. The van der Waals surface area contributed by atoms with Gasteiger partial charge in [0.2, 0.25) is 5.91 Å². The lowest BCUT2D eigenvalue weighted by Crippen LogP contribution is -2.38. The van der Waals surface area contributed by atoms with Crippen LogP contribution in [-0.4, -0.2) is 50.4 Å². The third-order valence-corrected chi connectivity index (χ3v) is 7.60. The molecule has 0 spiro atoms. The van der Waals surface area contributed by atoms with E-state index in [-0.39, 0.29) is 28.9 Å². The molecule has 1 aromatic heterocycles. The predicted octanol–water partition coefficient (Wildman–Crippen LogP) is 1.17. The number of hydrogen-bond donors (Lipinski definition) is 2. The van der Waals surface area contributed by atoms with Crippen LogP contribution in [0.3, 0.4) is 0 Å². The Labute approximate surface area is 161 Å². The van der Waals surface area contributed by atoms with Crippen molar-refractivity contribution in [2.75, 3.05) is 23.4 Å². The van der Waals surface area contributed by atoms with E-state index in [9.17, 15) is 22.8 Å². The molecular formula is C17H22N2O6S2. The highest BCUT2D eigenvalue weighted by Crippen LogP contribution is 2.36. The van der Waals surface area contributed by atoms with E-state index in [1.165, 1.54) is 11.3 Å². The van der Waals surface area contributed by atoms with Crippen LogP contribution >= 0.6 is 11.3 Å². The van der Waals surface area contributed by atoms with Crippen molar-refractivity contribution in [1.82, 2.24) is 5.32 Å². The molecule has 1 saturated heterocycles. The number of rotatable bonds is 6. The van der Waals surface area contributed by atoms with Gasteiger partial charge in [0.15, 0.2) is 16.4 Å². The standard InChI is InChI=1S/C17H22N2O6S2/c1-9-10(2)26-16(19-15(21)11-3-4-11)14(9)17(22)25-7-13(20)18-12-5-6-27(23,24)8-12/h11-12H,3-8H2,1-2H3,(H,18,20)(H,19,21)/t12-/m1/s1. The second-order valence-corrected chi connectivity index (χ2v) is 10.4. The second-order valence-electron chi connectivity index (χ2n) is 6.99. The number of esters is 1. The molecule has 1 aliphatic heterocycles. The number of anilines is 1. The third kappa shape index (κ3) is 4.86. The summed E-state index contributed by atoms with van der Waals surface area (Å²) in [5, 5.41) is 5.79. The molecule has 148 valence electrons. The van der Waals surface area contributed by atoms with Gasteiger partial charge >= 0.3 is 5.97 Å². The molecule has 10 heteroatoms. The van der Waals surface area contributed by atoms with Crippen molar-refractivity contribution in [2.45, 2.75) is 39.2 Å². The first-order chi connectivity index (χ1) is 12.7. The Morgan fingerprint density at radius 1 is 1.19 bits per heavy atom. The number of hydrogen-bond acceptors (Lipinski definition) is 7. The van der Waals surface area contributed by atoms with Crippen LogP contribution in [0.2, 0.25) is 0 Å². The maximum atomic E-state index is 12.5. The smallest absolute Gasteiger partial charge is 0.341 e. The molecule has 0 bridgehead atoms. The van der Waals surface area contributed by atoms with Gasteiger partial charge in [-0.25, -0.2) is 13.2 Å². The summed E-state index contributed by atoms with van der Waals surface area (Å²) in [6.07, 6.45) is 2.07. The normalized spacial score (nSPS) is 20.9. The van der Waals surface area contributed by atoms with Crippen molar-refractivity contribution in [3.05, 3.63) is 16.0 Å². The number of carbonyl (C=O) groups excluding carboxylic acids is 3. The Morgan fingerprint density at radius 3 is 2.48 bits per heavy atom. The fraction of sp³-hybridized carbons (Fsp3) is 0.588. The summed E-state index contributed by atoms with van der Waals surface area (Å²) >= 11 is 1.30. The van der Waals surface area contributed by atoms with Crippen molar-refractivity contribution in [3.8, 4) is 0 Å². The van der Waals surface area contributed by atoms with Crippen LogP contribution in [0.5, 0.6) is 0 Å². The molecule has 1 aliphatic carbocycles. The molecule has 0 unspecified atom stereocenters. The average molecular weight is 415 g/mol. The number of carbonyl (C=O) groups is 3. The quantitative estimate of drug-likeness (QED) is 0.675. The van der Waals surface area contributed by atoms with Gasteiger partial charge in [-0.15, -0.1) is 11.3 Å². The largest absolute Gasteiger partial charge is 0.452 e. The van der Waals surface area contributed by atoms with Crippen molar-refractivity contribution >= 4 is 44.0 Å². The van der Waals surface area contributed by atoms with Crippen LogP contribution in [0, 0.1) is 19.8 Å². The Bertz CT molecular complexity index is 885. The van der Waals surface area contributed by atoms with Gasteiger partial charge in [0.25, 0.3) is 5.91 Å². The second kappa shape index (κ2) is 7.59. The summed E-state index contributed by atoms with van der Waals surface area (Å²) in [6.45, 7) is 3.11. The molecule has 1 saturated carbocycles. The molecular weight excluding hydrogens is 392 g/mol. The fourth-order valence-corrected chi connectivity index (χ4v) is 5.63. The average Bonchev–Trinajstić information content (AvgIpc) is 3.32. The Kier molecular flexibility index (Phi) is 5.57. The van der Waals surface area contributed by atoms with E-state index < -0.39 is 34.4 Å². The number of sulfone groups is 1. The van der Waals surface area contributed by atoms with Gasteiger partial charge in [0.05, 0.1) is 17.1 Å². The van der Waals surface area contributed by atoms with Crippen molar-refractivity contribution in [1.29, 1.82) is 0 Å². The molecule has 8 nitrogen and oxygen atoms in total. The summed E-state index contributed by atoms with van der Waals surface area (Å²) < 4.78 is 27.9. The van der Waals surface area contributed by atoms with Crippen LogP contribution in [0.1, 0.15) is 40.1 Å². The summed E-state index contributed by atoms with van der Waals surface area (Å²) in [5.74, 6) is -1.37.